The van der Waals surface area contributed by atoms with Crippen molar-refractivity contribution in [3.8, 4) is 33.4 Å². The van der Waals surface area contributed by atoms with Crippen molar-refractivity contribution in [1.82, 2.24) is 15.0 Å². The van der Waals surface area contributed by atoms with Gasteiger partial charge < -0.3 is 8.83 Å². The highest BCUT2D eigenvalue weighted by molar-refractivity contribution is 7.26. The highest BCUT2D eigenvalue weighted by Crippen LogP contribution is 2.45. The lowest BCUT2D eigenvalue weighted by Gasteiger charge is -2.14. The molecule has 49 heavy (non-hydrogen) atoms. The van der Waals surface area contributed by atoms with E-state index in [0.29, 0.717) is 0 Å². The average molecular weight is 646 g/mol. The SMILES string of the molecule is c1ccc2c(-c3cc(-c4ccc5oc6cccnc6c5c4)cc(-c4ccc5oc6cccnc6c5c4)c3)c3sc4ccccc4c3nc2c1. The van der Waals surface area contributed by atoms with Gasteiger partial charge in [0.1, 0.15) is 22.2 Å². The summed E-state index contributed by atoms with van der Waals surface area (Å²) in [5.74, 6) is 0. The van der Waals surface area contributed by atoms with Gasteiger partial charge in [-0.25, -0.2) is 4.98 Å². The molecule has 228 valence electrons. The van der Waals surface area contributed by atoms with Crippen molar-refractivity contribution < 1.29 is 8.83 Å². The van der Waals surface area contributed by atoms with Crippen LogP contribution in [0.25, 0.3) is 109 Å². The number of pyridine rings is 3. The molecule has 11 rings (SSSR count). The number of furan rings is 2. The summed E-state index contributed by atoms with van der Waals surface area (Å²) >= 11 is 1.81. The molecule has 0 unspecified atom stereocenters. The number of nitrogens with zero attached hydrogens (tertiary/aromatic N) is 3. The van der Waals surface area contributed by atoms with Gasteiger partial charge in [0.15, 0.2) is 11.2 Å². The van der Waals surface area contributed by atoms with E-state index in [1.807, 2.05) is 36.7 Å². The van der Waals surface area contributed by atoms with Crippen LogP contribution >= 0.6 is 11.3 Å². The van der Waals surface area contributed by atoms with E-state index in [1.54, 1.807) is 11.3 Å². The van der Waals surface area contributed by atoms with Crippen LogP contribution in [0.1, 0.15) is 0 Å². The van der Waals surface area contributed by atoms with Crippen molar-refractivity contribution in [2.45, 2.75) is 0 Å². The maximum atomic E-state index is 6.14. The first kappa shape index (κ1) is 26.7. The molecular formula is C43H23N3O2S. The first-order valence-electron chi connectivity index (χ1n) is 16.2. The summed E-state index contributed by atoms with van der Waals surface area (Å²) in [7, 11) is 0. The number of aromatic nitrogens is 3. The summed E-state index contributed by atoms with van der Waals surface area (Å²) in [5.41, 5.74) is 13.7. The third kappa shape index (κ3) is 4.01. The van der Waals surface area contributed by atoms with Crippen molar-refractivity contribution in [3.63, 3.8) is 0 Å². The topological polar surface area (TPSA) is 65.0 Å². The third-order valence-electron chi connectivity index (χ3n) is 9.54. The zero-order valence-electron chi connectivity index (χ0n) is 25.8. The maximum Gasteiger partial charge on any atom is 0.153 e. The van der Waals surface area contributed by atoms with Gasteiger partial charge in [-0.2, -0.15) is 0 Å². The quantitative estimate of drug-likeness (QED) is 0.191. The number of benzene rings is 5. The molecule has 6 heteroatoms. The number of fused-ring (bicyclic) bond motifs is 10. The zero-order chi connectivity index (χ0) is 32.1. The van der Waals surface area contributed by atoms with Crippen LogP contribution in [0.4, 0.5) is 0 Å². The van der Waals surface area contributed by atoms with Gasteiger partial charge in [-0.1, -0.05) is 48.5 Å². The van der Waals surface area contributed by atoms with E-state index in [-0.39, 0.29) is 0 Å². The van der Waals surface area contributed by atoms with Crippen molar-refractivity contribution in [2.24, 2.45) is 0 Å². The van der Waals surface area contributed by atoms with Gasteiger partial charge in [-0.15, -0.1) is 11.3 Å². The summed E-state index contributed by atoms with van der Waals surface area (Å²) in [6, 6.07) is 44.5. The lowest BCUT2D eigenvalue weighted by molar-refractivity contribution is 0.668. The Morgan fingerprint density at radius 2 is 1.02 bits per heavy atom. The second-order valence-electron chi connectivity index (χ2n) is 12.4. The number of rotatable bonds is 3. The predicted octanol–water partition coefficient (Wildman–Crippen LogP) is 12.2. The molecule has 6 aromatic heterocycles. The van der Waals surface area contributed by atoms with Crippen LogP contribution in [-0.2, 0) is 0 Å². The smallest absolute Gasteiger partial charge is 0.153 e. The minimum atomic E-state index is 0.786. The van der Waals surface area contributed by atoms with Crippen LogP contribution < -0.4 is 0 Å². The van der Waals surface area contributed by atoms with Crippen LogP contribution in [0, 0.1) is 0 Å². The van der Waals surface area contributed by atoms with Crippen LogP contribution in [0.3, 0.4) is 0 Å². The van der Waals surface area contributed by atoms with Crippen molar-refractivity contribution in [3.05, 3.63) is 140 Å². The molecule has 0 saturated heterocycles. The molecule has 5 aromatic carbocycles. The van der Waals surface area contributed by atoms with E-state index in [0.717, 1.165) is 88.4 Å². The minimum absolute atomic E-state index is 0.786. The minimum Gasteiger partial charge on any atom is -0.454 e. The van der Waals surface area contributed by atoms with Crippen molar-refractivity contribution in [1.29, 1.82) is 0 Å². The summed E-state index contributed by atoms with van der Waals surface area (Å²) in [6.45, 7) is 0. The Balaban J connectivity index is 1.22. The fourth-order valence-electron chi connectivity index (χ4n) is 7.28. The van der Waals surface area contributed by atoms with Gasteiger partial charge in [0, 0.05) is 44.2 Å². The second-order valence-corrected chi connectivity index (χ2v) is 13.5. The van der Waals surface area contributed by atoms with Crippen LogP contribution in [0.2, 0.25) is 0 Å². The fraction of sp³-hybridized carbons (Fsp3) is 0. The molecule has 0 radical (unpaired) electrons. The van der Waals surface area contributed by atoms with Gasteiger partial charge in [-0.3, -0.25) is 9.97 Å². The molecule has 6 heterocycles. The average Bonchev–Trinajstić information content (AvgIpc) is 3.84. The Bertz CT molecular complexity index is 3000. The summed E-state index contributed by atoms with van der Waals surface area (Å²) in [5, 5.41) is 4.31. The molecule has 0 saturated carbocycles. The second kappa shape index (κ2) is 10.1. The van der Waals surface area contributed by atoms with Crippen LogP contribution in [0.5, 0.6) is 0 Å². The van der Waals surface area contributed by atoms with Gasteiger partial charge in [0.05, 0.1) is 15.7 Å². The molecule has 0 bridgehead atoms. The van der Waals surface area contributed by atoms with Crippen molar-refractivity contribution >= 4 is 86.7 Å². The lowest BCUT2D eigenvalue weighted by Crippen LogP contribution is -1.90. The molecule has 5 nitrogen and oxygen atoms in total. The van der Waals surface area contributed by atoms with Gasteiger partial charge in [0.2, 0.25) is 0 Å². The number of para-hydroxylation sites is 1. The van der Waals surface area contributed by atoms with Gasteiger partial charge in [0.25, 0.3) is 0 Å². The fourth-order valence-corrected chi connectivity index (χ4v) is 8.51. The van der Waals surface area contributed by atoms with E-state index in [1.165, 1.54) is 20.3 Å². The molecule has 0 aliphatic heterocycles. The largest absolute Gasteiger partial charge is 0.454 e. The first-order valence-corrected chi connectivity index (χ1v) is 17.0. The number of thiophene rings is 1. The summed E-state index contributed by atoms with van der Waals surface area (Å²) < 4.78 is 14.7. The Hall–Kier alpha value is -6.37. The highest BCUT2D eigenvalue weighted by atomic mass is 32.1. The predicted molar refractivity (Wildman–Crippen MR) is 201 cm³/mol. The molecular weight excluding hydrogens is 623 g/mol. The Morgan fingerprint density at radius 1 is 0.429 bits per heavy atom. The lowest BCUT2D eigenvalue weighted by atomic mass is 9.91. The van der Waals surface area contributed by atoms with Gasteiger partial charge >= 0.3 is 0 Å². The normalized spacial score (nSPS) is 12.1. The Labute approximate surface area is 282 Å². The highest BCUT2D eigenvalue weighted by Gasteiger charge is 2.19. The molecule has 0 atom stereocenters. The van der Waals surface area contributed by atoms with E-state index >= 15 is 0 Å². The summed E-state index contributed by atoms with van der Waals surface area (Å²) in [4.78, 5) is 14.5. The molecule has 0 amide bonds. The molecule has 0 fully saturated rings. The monoisotopic (exact) mass is 645 g/mol. The Kier molecular flexibility index (Phi) is 5.48. The van der Waals surface area contributed by atoms with E-state index < -0.39 is 0 Å². The standard InChI is InChI=1S/C43H23N3O2S/c1-3-9-33-29(7-1)39(43-42(46-33)30-8-2-4-12-38(30)49-43)28-20-26(24-13-15-34-31(22-24)40-36(47-34)10-5-17-44-40)19-27(21-28)25-14-16-35-32(23-25)41-37(48-35)11-6-18-45-41/h1-23H. The molecule has 11 aromatic rings. The molecule has 0 spiro atoms. The molecule has 0 aliphatic rings. The van der Waals surface area contributed by atoms with E-state index in [9.17, 15) is 0 Å². The van der Waals surface area contributed by atoms with E-state index in [4.69, 9.17) is 13.8 Å². The maximum absolute atomic E-state index is 6.14. The summed E-state index contributed by atoms with van der Waals surface area (Å²) in [6.07, 6.45) is 3.64. The number of hydrogen-bond acceptors (Lipinski definition) is 6. The van der Waals surface area contributed by atoms with Crippen LogP contribution in [-0.4, -0.2) is 15.0 Å². The van der Waals surface area contributed by atoms with Gasteiger partial charge in [-0.05, 0) is 107 Å². The third-order valence-corrected chi connectivity index (χ3v) is 10.7. The molecule has 0 aliphatic carbocycles. The first-order chi connectivity index (χ1) is 24.2. The molecule has 0 N–H and O–H groups in total. The van der Waals surface area contributed by atoms with Crippen molar-refractivity contribution in [2.75, 3.05) is 0 Å². The van der Waals surface area contributed by atoms with E-state index in [2.05, 4.69) is 113 Å². The Morgan fingerprint density at radius 3 is 1.69 bits per heavy atom. The van der Waals surface area contributed by atoms with Crippen LogP contribution in [0.15, 0.2) is 149 Å². The number of hydrogen-bond donors (Lipinski definition) is 0. The zero-order valence-corrected chi connectivity index (χ0v) is 26.7.